The van der Waals surface area contributed by atoms with Crippen LogP contribution in [0.15, 0.2) is 0 Å². The van der Waals surface area contributed by atoms with Crippen molar-refractivity contribution in [3.63, 3.8) is 0 Å². The van der Waals surface area contributed by atoms with Crippen LogP contribution in [-0.2, 0) is 9.53 Å². The van der Waals surface area contributed by atoms with Gasteiger partial charge in [0.2, 0.25) is 0 Å². The Morgan fingerprint density at radius 1 is 0.905 bits per heavy atom. The molecule has 21 heavy (non-hydrogen) atoms. The van der Waals surface area contributed by atoms with E-state index in [1.807, 2.05) is 0 Å². The van der Waals surface area contributed by atoms with E-state index in [9.17, 15) is 4.79 Å². The molecule has 2 atom stereocenters. The minimum atomic E-state index is -0.0575. The number of unbranched alkanes of at least 4 members (excludes halogenated alkanes) is 6. The molecule has 0 saturated heterocycles. The molecule has 0 unspecified atom stereocenters. The van der Waals surface area contributed by atoms with Gasteiger partial charge in [-0.15, -0.1) is 0 Å². The lowest BCUT2D eigenvalue weighted by Crippen LogP contribution is -2.08. The number of hydrogen-bond donors (Lipinski definition) is 0. The van der Waals surface area contributed by atoms with Crippen molar-refractivity contribution in [1.82, 2.24) is 0 Å². The number of ether oxygens (including phenoxy) is 1. The largest absolute Gasteiger partial charge is 0.469 e. The average Bonchev–Trinajstić information content (AvgIpc) is 2.94. The van der Waals surface area contributed by atoms with Gasteiger partial charge in [-0.25, -0.2) is 0 Å². The Labute approximate surface area is 132 Å². The van der Waals surface area contributed by atoms with Crippen LogP contribution in [0.3, 0.4) is 0 Å². The normalized spacial score (nSPS) is 21.6. The summed E-state index contributed by atoms with van der Waals surface area (Å²) in [5, 5.41) is 0. The molecule has 0 spiro atoms. The van der Waals surface area contributed by atoms with Gasteiger partial charge in [-0.1, -0.05) is 84.0 Å². The van der Waals surface area contributed by atoms with Gasteiger partial charge in [-0.05, 0) is 18.3 Å². The van der Waals surface area contributed by atoms with E-state index in [4.69, 9.17) is 0 Å². The van der Waals surface area contributed by atoms with E-state index in [2.05, 4.69) is 11.7 Å². The highest BCUT2D eigenvalue weighted by Crippen LogP contribution is 2.38. The van der Waals surface area contributed by atoms with Gasteiger partial charge in [0, 0.05) is 6.42 Å². The number of esters is 1. The number of hydrogen-bond acceptors (Lipinski definition) is 2. The molecule has 0 aromatic rings. The summed E-state index contributed by atoms with van der Waals surface area (Å²) >= 11 is 0. The topological polar surface area (TPSA) is 26.3 Å². The Morgan fingerprint density at radius 3 is 2.05 bits per heavy atom. The summed E-state index contributed by atoms with van der Waals surface area (Å²) in [5.41, 5.74) is 0. The molecule has 1 saturated carbocycles. The van der Waals surface area contributed by atoms with E-state index < -0.39 is 0 Å². The lowest BCUT2D eigenvalue weighted by Gasteiger charge is -2.19. The first-order valence-corrected chi connectivity index (χ1v) is 9.34. The van der Waals surface area contributed by atoms with Crippen LogP contribution in [-0.4, -0.2) is 13.1 Å². The molecule has 2 nitrogen and oxygen atoms in total. The second-order valence-corrected chi connectivity index (χ2v) is 6.83. The molecule has 1 aliphatic carbocycles. The van der Waals surface area contributed by atoms with Crippen molar-refractivity contribution in [2.75, 3.05) is 7.11 Å². The summed E-state index contributed by atoms with van der Waals surface area (Å²) in [7, 11) is 1.48. The quantitative estimate of drug-likeness (QED) is 0.332. The molecular weight excluding hydrogens is 260 g/mol. The van der Waals surface area contributed by atoms with Crippen LogP contribution in [0.2, 0.25) is 0 Å². The van der Waals surface area contributed by atoms with E-state index >= 15 is 0 Å². The predicted molar refractivity (Wildman–Crippen MR) is 89.3 cm³/mol. The number of methoxy groups -OCH3 is 1. The third-order valence-corrected chi connectivity index (χ3v) is 5.18. The number of carbonyl (C=O) groups is 1. The molecule has 0 heterocycles. The van der Waals surface area contributed by atoms with Crippen LogP contribution in [0.4, 0.5) is 0 Å². The first kappa shape index (κ1) is 18.5. The highest BCUT2D eigenvalue weighted by molar-refractivity contribution is 5.68. The minimum Gasteiger partial charge on any atom is -0.469 e. The maximum atomic E-state index is 11.0. The summed E-state index contributed by atoms with van der Waals surface area (Å²) in [6, 6.07) is 0. The van der Waals surface area contributed by atoms with Crippen molar-refractivity contribution in [3.8, 4) is 0 Å². The molecule has 1 rings (SSSR count). The monoisotopic (exact) mass is 296 g/mol. The third kappa shape index (κ3) is 8.48. The SMILES string of the molecule is CCCCCC[C@@H]1CCC[C@H]1CCCCCCC(=O)OC. The fourth-order valence-corrected chi connectivity index (χ4v) is 3.84. The van der Waals surface area contributed by atoms with Gasteiger partial charge in [0.25, 0.3) is 0 Å². The Morgan fingerprint density at radius 2 is 1.48 bits per heavy atom. The van der Waals surface area contributed by atoms with Gasteiger partial charge in [-0.3, -0.25) is 4.79 Å². The second kappa shape index (κ2) is 12.1. The van der Waals surface area contributed by atoms with Gasteiger partial charge in [0.15, 0.2) is 0 Å². The summed E-state index contributed by atoms with van der Waals surface area (Å²) in [6.07, 6.45) is 18.4. The molecule has 2 heteroatoms. The predicted octanol–water partition coefficient (Wildman–Crippen LogP) is 5.89. The van der Waals surface area contributed by atoms with Crippen molar-refractivity contribution < 1.29 is 9.53 Å². The van der Waals surface area contributed by atoms with E-state index in [-0.39, 0.29) is 5.97 Å². The lowest BCUT2D eigenvalue weighted by molar-refractivity contribution is -0.140. The van der Waals surface area contributed by atoms with Crippen molar-refractivity contribution in [2.24, 2.45) is 11.8 Å². The fourth-order valence-electron chi connectivity index (χ4n) is 3.84. The van der Waals surface area contributed by atoms with Gasteiger partial charge in [-0.2, -0.15) is 0 Å². The Balaban J connectivity index is 2.01. The zero-order valence-corrected chi connectivity index (χ0v) is 14.4. The molecule has 1 fully saturated rings. The van der Waals surface area contributed by atoms with E-state index in [1.54, 1.807) is 0 Å². The van der Waals surface area contributed by atoms with Crippen LogP contribution >= 0.6 is 0 Å². The molecule has 0 N–H and O–H groups in total. The maximum absolute atomic E-state index is 11.0. The van der Waals surface area contributed by atoms with Gasteiger partial charge in [0.1, 0.15) is 0 Å². The highest BCUT2D eigenvalue weighted by atomic mass is 16.5. The van der Waals surface area contributed by atoms with E-state index in [0.717, 1.165) is 18.3 Å². The van der Waals surface area contributed by atoms with Crippen LogP contribution in [0.25, 0.3) is 0 Å². The molecule has 0 radical (unpaired) electrons. The number of carbonyl (C=O) groups excluding carboxylic acids is 1. The van der Waals surface area contributed by atoms with Crippen molar-refractivity contribution >= 4 is 5.97 Å². The fraction of sp³-hybridized carbons (Fsp3) is 0.947. The van der Waals surface area contributed by atoms with E-state index in [0.29, 0.717) is 6.42 Å². The summed E-state index contributed by atoms with van der Waals surface area (Å²) in [5.74, 6) is 1.97. The first-order valence-electron chi connectivity index (χ1n) is 9.34. The zero-order chi connectivity index (χ0) is 15.3. The van der Waals surface area contributed by atoms with Crippen LogP contribution in [0.5, 0.6) is 0 Å². The van der Waals surface area contributed by atoms with Gasteiger partial charge >= 0.3 is 5.97 Å². The molecule has 1 aliphatic rings. The van der Waals surface area contributed by atoms with Crippen molar-refractivity contribution in [3.05, 3.63) is 0 Å². The van der Waals surface area contributed by atoms with Crippen LogP contribution in [0.1, 0.15) is 96.8 Å². The zero-order valence-electron chi connectivity index (χ0n) is 14.4. The molecule has 0 aromatic carbocycles. The Kier molecular flexibility index (Phi) is 10.6. The molecule has 0 amide bonds. The van der Waals surface area contributed by atoms with Crippen LogP contribution in [0, 0.1) is 11.8 Å². The number of rotatable bonds is 12. The standard InChI is InChI=1S/C19H36O2/c1-3-4-5-8-12-17-14-11-15-18(17)13-9-6-7-10-16-19(20)21-2/h17-18H,3-16H2,1-2H3/t17-,18-/m1/s1. The molecule has 124 valence electrons. The molecule has 0 aliphatic heterocycles. The second-order valence-electron chi connectivity index (χ2n) is 6.83. The minimum absolute atomic E-state index is 0.0575. The van der Waals surface area contributed by atoms with Crippen molar-refractivity contribution in [2.45, 2.75) is 96.8 Å². The summed E-state index contributed by atoms with van der Waals surface area (Å²) < 4.78 is 4.67. The summed E-state index contributed by atoms with van der Waals surface area (Å²) in [6.45, 7) is 2.29. The van der Waals surface area contributed by atoms with Gasteiger partial charge < -0.3 is 4.74 Å². The third-order valence-electron chi connectivity index (χ3n) is 5.18. The molecular formula is C19H36O2. The summed E-state index contributed by atoms with van der Waals surface area (Å²) in [4.78, 5) is 11.0. The van der Waals surface area contributed by atoms with Gasteiger partial charge in [0.05, 0.1) is 7.11 Å². The Bertz CT molecular complexity index is 262. The average molecular weight is 296 g/mol. The van der Waals surface area contributed by atoms with Crippen LogP contribution < -0.4 is 0 Å². The maximum Gasteiger partial charge on any atom is 0.305 e. The smallest absolute Gasteiger partial charge is 0.305 e. The van der Waals surface area contributed by atoms with E-state index in [1.165, 1.54) is 84.2 Å². The lowest BCUT2D eigenvalue weighted by atomic mass is 9.87. The Hall–Kier alpha value is -0.530. The first-order chi connectivity index (χ1) is 10.3. The van der Waals surface area contributed by atoms with Crippen molar-refractivity contribution in [1.29, 1.82) is 0 Å². The molecule has 0 aromatic heterocycles. The molecule has 0 bridgehead atoms. The highest BCUT2D eigenvalue weighted by Gasteiger charge is 2.25.